The van der Waals surface area contributed by atoms with Crippen LogP contribution in [0.5, 0.6) is 0 Å². The van der Waals surface area contributed by atoms with Crippen molar-refractivity contribution >= 4 is 28.2 Å². The molecule has 7 heteroatoms. The summed E-state index contributed by atoms with van der Waals surface area (Å²) < 4.78 is 5.48. The van der Waals surface area contributed by atoms with Crippen LogP contribution in [0.15, 0.2) is 53.3 Å². The Morgan fingerprint density at radius 1 is 1.15 bits per heavy atom. The Bertz CT molecular complexity index is 1170. The lowest BCUT2D eigenvalue weighted by Crippen LogP contribution is -2.46. The SMILES string of the molecule is Cc1cc(C)c2cc(CN(CCN3CCOCC3)C(=S)NCCc3ccccc3)c(=O)[nH]c2c1. The van der Waals surface area contributed by atoms with E-state index in [1.165, 1.54) is 5.56 Å². The molecule has 4 rings (SSSR count). The van der Waals surface area contributed by atoms with E-state index >= 15 is 0 Å². The van der Waals surface area contributed by atoms with Gasteiger partial charge in [-0.1, -0.05) is 36.4 Å². The highest BCUT2D eigenvalue weighted by Gasteiger charge is 2.17. The van der Waals surface area contributed by atoms with Crippen LogP contribution < -0.4 is 10.9 Å². The number of aryl methyl sites for hydroxylation is 2. The minimum absolute atomic E-state index is 0.0547. The lowest BCUT2D eigenvalue weighted by molar-refractivity contribution is 0.0357. The first-order valence-corrected chi connectivity index (χ1v) is 12.4. The van der Waals surface area contributed by atoms with Crippen LogP contribution in [-0.2, 0) is 17.7 Å². The molecule has 1 aliphatic rings. The Hall–Kier alpha value is -2.74. The van der Waals surface area contributed by atoms with E-state index in [-0.39, 0.29) is 5.56 Å². The molecule has 2 heterocycles. The zero-order valence-corrected chi connectivity index (χ0v) is 20.9. The molecule has 2 N–H and O–H groups in total. The molecule has 0 atom stereocenters. The summed E-state index contributed by atoms with van der Waals surface area (Å²) in [6, 6.07) is 16.6. The van der Waals surface area contributed by atoms with Gasteiger partial charge in [0.05, 0.1) is 19.8 Å². The second-order valence-electron chi connectivity index (χ2n) is 9.01. The number of fused-ring (bicyclic) bond motifs is 1. The van der Waals surface area contributed by atoms with Gasteiger partial charge in [0.25, 0.3) is 5.56 Å². The standard InChI is InChI=1S/C27H34N4O2S/c1-20-16-21(2)24-18-23(26(32)29-25(24)17-20)19-31(11-10-30-12-14-33-15-13-30)27(34)28-9-8-22-6-4-3-5-7-22/h3-7,16-18H,8-15,19H2,1-2H3,(H,28,34)(H,29,32). The summed E-state index contributed by atoms with van der Waals surface area (Å²) in [5.41, 5.74) is 5.14. The molecule has 3 aromatic rings. The number of hydrogen-bond acceptors (Lipinski definition) is 4. The van der Waals surface area contributed by atoms with Crippen molar-refractivity contribution in [2.24, 2.45) is 0 Å². The molecule has 1 fully saturated rings. The number of ether oxygens (including phenoxy) is 1. The summed E-state index contributed by atoms with van der Waals surface area (Å²) in [6.45, 7) is 10.4. The van der Waals surface area contributed by atoms with Crippen molar-refractivity contribution in [2.45, 2.75) is 26.8 Å². The van der Waals surface area contributed by atoms with Crippen molar-refractivity contribution in [3.63, 3.8) is 0 Å². The minimum atomic E-state index is -0.0547. The number of rotatable bonds is 8. The number of pyridine rings is 1. The summed E-state index contributed by atoms with van der Waals surface area (Å²) in [6.07, 6.45) is 0.896. The molecule has 0 saturated carbocycles. The van der Waals surface area contributed by atoms with Crippen molar-refractivity contribution in [3.8, 4) is 0 Å². The summed E-state index contributed by atoms with van der Waals surface area (Å²) in [7, 11) is 0. The lowest BCUT2D eigenvalue weighted by Gasteiger charge is -2.31. The van der Waals surface area contributed by atoms with E-state index < -0.39 is 0 Å². The second-order valence-corrected chi connectivity index (χ2v) is 9.40. The Kier molecular flexibility index (Phi) is 8.32. The van der Waals surface area contributed by atoms with E-state index in [0.717, 1.165) is 80.0 Å². The first-order chi connectivity index (χ1) is 16.5. The summed E-state index contributed by atoms with van der Waals surface area (Å²) in [5.74, 6) is 0. The van der Waals surface area contributed by atoms with Crippen molar-refractivity contribution < 1.29 is 4.74 Å². The van der Waals surface area contributed by atoms with Crippen molar-refractivity contribution in [1.29, 1.82) is 0 Å². The number of nitrogens with zero attached hydrogens (tertiary/aromatic N) is 2. The summed E-state index contributed by atoms with van der Waals surface area (Å²) in [5, 5.41) is 5.18. The van der Waals surface area contributed by atoms with E-state index in [4.69, 9.17) is 17.0 Å². The molecule has 34 heavy (non-hydrogen) atoms. The van der Waals surface area contributed by atoms with Gasteiger partial charge in [0.2, 0.25) is 0 Å². The topological polar surface area (TPSA) is 60.6 Å². The normalized spacial score (nSPS) is 14.3. The minimum Gasteiger partial charge on any atom is -0.379 e. The first kappa shape index (κ1) is 24.4. The molecule has 0 spiro atoms. The molecule has 0 radical (unpaired) electrons. The van der Waals surface area contributed by atoms with Crippen LogP contribution in [0.25, 0.3) is 10.9 Å². The third-order valence-corrected chi connectivity index (χ3v) is 6.76. The summed E-state index contributed by atoms with van der Waals surface area (Å²) >= 11 is 5.80. The van der Waals surface area contributed by atoms with Gasteiger partial charge in [0, 0.05) is 49.2 Å². The maximum atomic E-state index is 12.9. The van der Waals surface area contributed by atoms with E-state index in [1.807, 2.05) is 25.1 Å². The lowest BCUT2D eigenvalue weighted by atomic mass is 10.0. The molecule has 1 saturated heterocycles. The van der Waals surface area contributed by atoms with Crippen molar-refractivity contribution in [2.75, 3.05) is 45.9 Å². The van der Waals surface area contributed by atoms with Gasteiger partial charge in [0.1, 0.15) is 0 Å². The van der Waals surface area contributed by atoms with Gasteiger partial charge in [-0.05, 0) is 61.3 Å². The maximum absolute atomic E-state index is 12.9. The quantitative estimate of drug-likeness (QED) is 0.484. The van der Waals surface area contributed by atoms with Gasteiger partial charge in [0.15, 0.2) is 5.11 Å². The Labute approximate surface area is 206 Å². The molecule has 0 amide bonds. The van der Waals surface area contributed by atoms with Crippen LogP contribution >= 0.6 is 12.2 Å². The number of nitrogens with one attached hydrogen (secondary N) is 2. The smallest absolute Gasteiger partial charge is 0.253 e. The zero-order chi connectivity index (χ0) is 23.9. The number of aromatic amines is 1. The van der Waals surface area contributed by atoms with E-state index in [2.05, 4.69) is 57.4 Å². The number of thiocarbonyl (C=S) groups is 1. The summed E-state index contributed by atoms with van der Waals surface area (Å²) in [4.78, 5) is 20.5. The highest BCUT2D eigenvalue weighted by Crippen LogP contribution is 2.19. The van der Waals surface area contributed by atoms with Gasteiger partial charge < -0.3 is 19.9 Å². The second kappa shape index (κ2) is 11.6. The Morgan fingerprint density at radius 2 is 1.91 bits per heavy atom. The van der Waals surface area contributed by atoms with Crippen molar-refractivity contribution in [1.82, 2.24) is 20.1 Å². The number of morpholine rings is 1. The molecule has 0 unspecified atom stereocenters. The molecular formula is C27H34N4O2S. The Balaban J connectivity index is 1.49. The molecule has 180 valence electrons. The molecule has 0 bridgehead atoms. The van der Waals surface area contributed by atoms with E-state index in [0.29, 0.717) is 11.7 Å². The van der Waals surface area contributed by atoms with Gasteiger partial charge in [-0.3, -0.25) is 9.69 Å². The number of benzene rings is 2. The largest absolute Gasteiger partial charge is 0.379 e. The fraction of sp³-hybridized carbons (Fsp3) is 0.407. The van der Waals surface area contributed by atoms with Gasteiger partial charge in [-0.25, -0.2) is 0 Å². The molecule has 2 aromatic carbocycles. The zero-order valence-electron chi connectivity index (χ0n) is 20.1. The van der Waals surface area contributed by atoms with E-state index in [1.54, 1.807) is 0 Å². The number of aromatic nitrogens is 1. The maximum Gasteiger partial charge on any atom is 0.253 e. The van der Waals surface area contributed by atoms with Crippen LogP contribution in [0.4, 0.5) is 0 Å². The fourth-order valence-electron chi connectivity index (χ4n) is 4.45. The van der Waals surface area contributed by atoms with Crippen LogP contribution in [0.2, 0.25) is 0 Å². The van der Waals surface area contributed by atoms with Crippen LogP contribution in [0.1, 0.15) is 22.3 Å². The molecular weight excluding hydrogens is 444 g/mol. The van der Waals surface area contributed by atoms with Gasteiger partial charge in [-0.2, -0.15) is 0 Å². The van der Waals surface area contributed by atoms with Gasteiger partial charge >= 0.3 is 0 Å². The molecule has 1 aromatic heterocycles. The predicted molar refractivity (Wildman–Crippen MR) is 142 cm³/mol. The molecule has 6 nitrogen and oxygen atoms in total. The first-order valence-electron chi connectivity index (χ1n) is 12.0. The third kappa shape index (κ3) is 6.44. The third-order valence-electron chi connectivity index (χ3n) is 6.36. The Morgan fingerprint density at radius 3 is 2.68 bits per heavy atom. The fourth-order valence-corrected chi connectivity index (χ4v) is 4.71. The van der Waals surface area contributed by atoms with Crippen molar-refractivity contribution in [3.05, 3.63) is 81.1 Å². The average molecular weight is 479 g/mol. The van der Waals surface area contributed by atoms with Crippen LogP contribution in [0.3, 0.4) is 0 Å². The number of hydrogen-bond donors (Lipinski definition) is 2. The van der Waals surface area contributed by atoms with Gasteiger partial charge in [-0.15, -0.1) is 0 Å². The highest BCUT2D eigenvalue weighted by molar-refractivity contribution is 7.80. The molecule has 0 aliphatic carbocycles. The molecule has 1 aliphatic heterocycles. The number of H-pyrrole nitrogens is 1. The highest BCUT2D eigenvalue weighted by atomic mass is 32.1. The van der Waals surface area contributed by atoms with Crippen LogP contribution in [-0.4, -0.2) is 65.8 Å². The van der Waals surface area contributed by atoms with E-state index in [9.17, 15) is 4.79 Å². The predicted octanol–water partition coefficient (Wildman–Crippen LogP) is 3.40. The van der Waals surface area contributed by atoms with Crippen LogP contribution in [0, 0.1) is 13.8 Å². The monoisotopic (exact) mass is 478 g/mol. The average Bonchev–Trinajstić information content (AvgIpc) is 2.83.